The Morgan fingerprint density at radius 2 is 2.00 bits per heavy atom. The second-order valence-corrected chi connectivity index (χ2v) is 6.98. The topological polar surface area (TPSA) is 67.8 Å². The molecule has 0 bridgehead atoms. The Morgan fingerprint density at radius 1 is 1.27 bits per heavy atom. The van der Waals surface area contributed by atoms with Gasteiger partial charge in [0.25, 0.3) is 0 Å². The highest BCUT2D eigenvalue weighted by Gasteiger charge is 2.25. The Kier molecular flexibility index (Phi) is 5.78. The van der Waals surface area contributed by atoms with E-state index in [1.807, 2.05) is 30.0 Å². The first-order valence-corrected chi connectivity index (χ1v) is 8.93. The van der Waals surface area contributed by atoms with Crippen LogP contribution in [0.3, 0.4) is 0 Å². The summed E-state index contributed by atoms with van der Waals surface area (Å²) in [4.78, 5) is 24.2. The number of hydrogen-bond acceptors (Lipinski definition) is 6. The highest BCUT2D eigenvalue weighted by molar-refractivity contribution is 6.34. The molecule has 0 radical (unpaired) electrons. The first-order chi connectivity index (χ1) is 12.5. The predicted octanol–water partition coefficient (Wildman–Crippen LogP) is 2.22. The minimum absolute atomic E-state index is 0.0214. The van der Waals surface area contributed by atoms with Crippen molar-refractivity contribution >= 4 is 28.4 Å². The summed E-state index contributed by atoms with van der Waals surface area (Å²) in [7, 11) is 5.39. The molecular formula is C18H23ClN4O3. The maximum atomic E-state index is 12.2. The molecule has 26 heavy (non-hydrogen) atoms. The van der Waals surface area contributed by atoms with Crippen LogP contribution >= 0.6 is 11.6 Å². The molecule has 1 aliphatic heterocycles. The number of carbonyl (C=O) groups excluding carboxylic acids is 1. The van der Waals surface area contributed by atoms with Crippen LogP contribution in [0.5, 0.6) is 11.5 Å². The summed E-state index contributed by atoms with van der Waals surface area (Å²) in [6.45, 7) is 1.82. The number of rotatable bonds is 5. The van der Waals surface area contributed by atoms with Crippen LogP contribution in [0.15, 0.2) is 18.5 Å². The molecule has 1 aliphatic rings. The van der Waals surface area contributed by atoms with Crippen molar-refractivity contribution in [3.8, 4) is 11.5 Å². The number of hydrogen-bond donors (Lipinski definition) is 0. The van der Waals surface area contributed by atoms with E-state index in [0.29, 0.717) is 41.8 Å². The van der Waals surface area contributed by atoms with E-state index in [0.717, 1.165) is 18.2 Å². The van der Waals surface area contributed by atoms with Crippen molar-refractivity contribution in [3.63, 3.8) is 0 Å². The average Bonchev–Trinajstić information content (AvgIpc) is 2.62. The van der Waals surface area contributed by atoms with Crippen molar-refractivity contribution in [2.75, 3.05) is 40.8 Å². The molecule has 8 heteroatoms. The third-order valence-electron chi connectivity index (χ3n) is 4.41. The summed E-state index contributed by atoms with van der Waals surface area (Å²) in [6.07, 6.45) is 3.00. The molecule has 0 unspecified atom stereocenters. The lowest BCUT2D eigenvalue weighted by Gasteiger charge is -2.33. The zero-order valence-corrected chi connectivity index (χ0v) is 16.0. The molecule has 1 saturated heterocycles. The van der Waals surface area contributed by atoms with Crippen LogP contribution in [0.2, 0.25) is 5.15 Å². The number of carbonyl (C=O) groups is 1. The number of methoxy groups -OCH3 is 1. The van der Waals surface area contributed by atoms with Gasteiger partial charge in [-0.25, -0.2) is 9.97 Å². The fourth-order valence-electron chi connectivity index (χ4n) is 3.06. The largest absolute Gasteiger partial charge is 0.493 e. The fourth-order valence-corrected chi connectivity index (χ4v) is 3.25. The van der Waals surface area contributed by atoms with Gasteiger partial charge in [0.1, 0.15) is 17.6 Å². The Balaban J connectivity index is 1.70. The standard InChI is InChI=1S/C18H23ClN4O3/c1-22(2)10-17(24)23-6-4-12(5-7-23)26-16-8-13-14(9-15(16)25-3)20-11-21-18(13)19/h8-9,11-12H,4-7,10H2,1-3H3. The molecule has 1 fully saturated rings. The SMILES string of the molecule is COc1cc2ncnc(Cl)c2cc1OC1CCN(C(=O)CN(C)C)CC1. The maximum absolute atomic E-state index is 12.2. The van der Waals surface area contributed by atoms with Crippen molar-refractivity contribution < 1.29 is 14.3 Å². The number of fused-ring (bicyclic) bond motifs is 1. The number of piperidine rings is 1. The number of benzene rings is 1. The molecule has 0 atom stereocenters. The molecule has 1 amide bonds. The molecule has 0 spiro atoms. The number of nitrogens with zero attached hydrogens (tertiary/aromatic N) is 4. The lowest BCUT2D eigenvalue weighted by molar-refractivity contribution is -0.133. The van der Waals surface area contributed by atoms with Crippen LogP contribution < -0.4 is 9.47 Å². The van der Waals surface area contributed by atoms with Gasteiger partial charge in [0.05, 0.1) is 19.2 Å². The van der Waals surface area contributed by atoms with Crippen LogP contribution in [-0.2, 0) is 4.79 Å². The van der Waals surface area contributed by atoms with Gasteiger partial charge in [0, 0.05) is 37.4 Å². The third kappa shape index (κ3) is 4.16. The summed E-state index contributed by atoms with van der Waals surface area (Å²) in [5, 5.41) is 1.11. The van der Waals surface area contributed by atoms with E-state index in [4.69, 9.17) is 21.1 Å². The highest BCUT2D eigenvalue weighted by Crippen LogP contribution is 2.35. The van der Waals surface area contributed by atoms with Crippen molar-refractivity contribution in [2.45, 2.75) is 18.9 Å². The molecule has 0 N–H and O–H groups in total. The van der Waals surface area contributed by atoms with Crippen LogP contribution in [0.1, 0.15) is 12.8 Å². The van der Waals surface area contributed by atoms with Gasteiger partial charge >= 0.3 is 0 Å². The predicted molar refractivity (Wildman–Crippen MR) is 99.9 cm³/mol. The molecular weight excluding hydrogens is 356 g/mol. The highest BCUT2D eigenvalue weighted by atomic mass is 35.5. The second-order valence-electron chi connectivity index (χ2n) is 6.62. The van der Waals surface area contributed by atoms with Gasteiger partial charge < -0.3 is 19.3 Å². The summed E-state index contributed by atoms with van der Waals surface area (Å²) < 4.78 is 11.6. The molecule has 2 heterocycles. The summed E-state index contributed by atoms with van der Waals surface area (Å²) in [6, 6.07) is 3.62. The number of aromatic nitrogens is 2. The van der Waals surface area contributed by atoms with Crippen LogP contribution in [0, 0.1) is 0 Å². The minimum Gasteiger partial charge on any atom is -0.493 e. The van der Waals surface area contributed by atoms with E-state index in [1.54, 1.807) is 13.2 Å². The summed E-state index contributed by atoms with van der Waals surface area (Å²) in [5.74, 6) is 1.38. The van der Waals surface area contributed by atoms with Crippen molar-refractivity contribution in [2.24, 2.45) is 0 Å². The number of likely N-dealkylation sites (tertiary alicyclic amines) is 1. The van der Waals surface area contributed by atoms with E-state index in [9.17, 15) is 4.79 Å². The Hall–Kier alpha value is -2.12. The van der Waals surface area contributed by atoms with E-state index in [-0.39, 0.29) is 12.0 Å². The normalized spacial score (nSPS) is 15.5. The Bertz CT molecular complexity index is 791. The van der Waals surface area contributed by atoms with E-state index in [1.165, 1.54) is 6.33 Å². The maximum Gasteiger partial charge on any atom is 0.236 e. The van der Waals surface area contributed by atoms with Gasteiger partial charge in [-0.05, 0) is 20.2 Å². The average molecular weight is 379 g/mol. The molecule has 7 nitrogen and oxygen atoms in total. The van der Waals surface area contributed by atoms with Gasteiger partial charge in [-0.2, -0.15) is 0 Å². The zero-order valence-electron chi connectivity index (χ0n) is 15.2. The molecule has 140 valence electrons. The van der Waals surface area contributed by atoms with Crippen LogP contribution in [0.4, 0.5) is 0 Å². The minimum atomic E-state index is 0.0214. The van der Waals surface area contributed by atoms with Crippen molar-refractivity contribution in [3.05, 3.63) is 23.6 Å². The monoisotopic (exact) mass is 378 g/mol. The summed E-state index contributed by atoms with van der Waals surface area (Å²) >= 11 is 6.17. The number of halogens is 1. The second kappa shape index (κ2) is 8.05. The molecule has 1 aromatic carbocycles. The fraction of sp³-hybridized carbons (Fsp3) is 0.500. The first-order valence-electron chi connectivity index (χ1n) is 8.55. The quantitative estimate of drug-likeness (QED) is 0.743. The lowest BCUT2D eigenvalue weighted by atomic mass is 10.1. The van der Waals surface area contributed by atoms with E-state index >= 15 is 0 Å². The molecule has 3 rings (SSSR count). The Labute approximate surface area is 157 Å². The van der Waals surface area contributed by atoms with E-state index in [2.05, 4.69) is 9.97 Å². The number of likely N-dealkylation sites (N-methyl/N-ethyl adjacent to an activating group) is 1. The first kappa shape index (κ1) is 18.7. The van der Waals surface area contributed by atoms with Crippen LogP contribution in [0.25, 0.3) is 10.9 Å². The van der Waals surface area contributed by atoms with Gasteiger partial charge in [-0.3, -0.25) is 4.79 Å². The number of amides is 1. The third-order valence-corrected chi connectivity index (χ3v) is 4.71. The molecule has 2 aromatic rings. The smallest absolute Gasteiger partial charge is 0.236 e. The van der Waals surface area contributed by atoms with Crippen LogP contribution in [-0.4, -0.2) is 72.6 Å². The summed E-state index contributed by atoms with van der Waals surface area (Å²) in [5.41, 5.74) is 0.707. The van der Waals surface area contributed by atoms with Crippen molar-refractivity contribution in [1.82, 2.24) is 19.8 Å². The van der Waals surface area contributed by atoms with Crippen molar-refractivity contribution in [1.29, 1.82) is 0 Å². The van der Waals surface area contributed by atoms with Gasteiger partial charge in [0.15, 0.2) is 11.5 Å². The molecule has 1 aromatic heterocycles. The molecule has 0 saturated carbocycles. The van der Waals surface area contributed by atoms with E-state index < -0.39 is 0 Å². The van der Waals surface area contributed by atoms with Gasteiger partial charge in [-0.15, -0.1) is 0 Å². The zero-order chi connectivity index (χ0) is 18.7. The van der Waals surface area contributed by atoms with Gasteiger partial charge in [-0.1, -0.05) is 11.6 Å². The van der Waals surface area contributed by atoms with Gasteiger partial charge in [0.2, 0.25) is 5.91 Å². The molecule has 0 aliphatic carbocycles. The lowest BCUT2D eigenvalue weighted by Crippen LogP contribution is -2.45. The Morgan fingerprint density at radius 3 is 2.65 bits per heavy atom. The number of ether oxygens (including phenoxy) is 2.